The van der Waals surface area contributed by atoms with Gasteiger partial charge >= 0.3 is 12.1 Å². The summed E-state index contributed by atoms with van der Waals surface area (Å²) in [6.45, 7) is 1.32. The van der Waals surface area contributed by atoms with Crippen molar-refractivity contribution >= 4 is 17.6 Å². The molecule has 0 saturated heterocycles. The minimum absolute atomic E-state index is 0.00745. The Balaban J connectivity index is 2.81. The molecular formula is C11H11F3N2O3. The van der Waals surface area contributed by atoms with Gasteiger partial charge in [-0.1, -0.05) is 0 Å². The second-order valence-corrected chi connectivity index (χ2v) is 3.63. The quantitative estimate of drug-likeness (QED) is 0.676. The van der Waals surface area contributed by atoms with E-state index in [9.17, 15) is 22.8 Å². The number of methoxy groups -OCH3 is 1. The third kappa shape index (κ3) is 4.23. The van der Waals surface area contributed by atoms with Crippen LogP contribution in [0, 0.1) is 6.92 Å². The molecule has 0 saturated carbocycles. The first-order chi connectivity index (χ1) is 8.74. The van der Waals surface area contributed by atoms with E-state index in [4.69, 9.17) is 0 Å². The topological polar surface area (TPSA) is 68.3 Å². The summed E-state index contributed by atoms with van der Waals surface area (Å²) in [5, 5.41) is 2.28. The van der Waals surface area contributed by atoms with Crippen molar-refractivity contribution in [1.82, 2.24) is 4.98 Å². The second-order valence-electron chi connectivity index (χ2n) is 3.63. The average molecular weight is 276 g/mol. The van der Waals surface area contributed by atoms with Crippen molar-refractivity contribution in [1.29, 1.82) is 0 Å². The lowest BCUT2D eigenvalue weighted by molar-refractivity contribution is -0.143. The summed E-state index contributed by atoms with van der Waals surface area (Å²) in [5.41, 5.74) is -0.925. The Hall–Kier alpha value is -2.12. The molecule has 1 N–H and O–H groups in total. The molecule has 0 spiro atoms. The number of hydrogen-bond donors (Lipinski definition) is 1. The van der Waals surface area contributed by atoms with Crippen molar-refractivity contribution in [3.63, 3.8) is 0 Å². The number of amides is 1. The van der Waals surface area contributed by atoms with E-state index >= 15 is 0 Å². The van der Waals surface area contributed by atoms with Crippen LogP contribution in [0.4, 0.5) is 18.9 Å². The van der Waals surface area contributed by atoms with Gasteiger partial charge in [0.25, 0.3) is 0 Å². The fourth-order valence-corrected chi connectivity index (χ4v) is 1.25. The number of rotatable bonds is 3. The zero-order valence-electron chi connectivity index (χ0n) is 10.2. The van der Waals surface area contributed by atoms with Gasteiger partial charge in [0.1, 0.15) is 12.1 Å². The molecule has 5 nitrogen and oxygen atoms in total. The minimum atomic E-state index is -4.54. The van der Waals surface area contributed by atoms with E-state index in [0.29, 0.717) is 0 Å². The largest absolute Gasteiger partial charge is 0.469 e. The molecule has 19 heavy (non-hydrogen) atoms. The van der Waals surface area contributed by atoms with Gasteiger partial charge in [0, 0.05) is 0 Å². The molecule has 0 aliphatic heterocycles. The summed E-state index contributed by atoms with van der Waals surface area (Å²) in [4.78, 5) is 25.5. The molecule has 0 aromatic carbocycles. The molecule has 1 heterocycles. The Labute approximate surface area is 106 Å². The van der Waals surface area contributed by atoms with Crippen LogP contribution in [0.5, 0.6) is 0 Å². The van der Waals surface area contributed by atoms with Crippen LogP contribution in [0.15, 0.2) is 12.1 Å². The van der Waals surface area contributed by atoms with Gasteiger partial charge in [-0.15, -0.1) is 0 Å². The monoisotopic (exact) mass is 276 g/mol. The number of ether oxygens (including phenoxy) is 1. The van der Waals surface area contributed by atoms with Gasteiger partial charge in [-0.25, -0.2) is 4.98 Å². The van der Waals surface area contributed by atoms with E-state index in [1.807, 2.05) is 0 Å². The number of carbonyl (C=O) groups is 2. The Morgan fingerprint density at radius 2 is 2.00 bits per heavy atom. The molecule has 0 radical (unpaired) electrons. The first-order valence-electron chi connectivity index (χ1n) is 5.15. The molecule has 0 aliphatic carbocycles. The second kappa shape index (κ2) is 5.68. The molecular weight excluding hydrogens is 265 g/mol. The van der Waals surface area contributed by atoms with Crippen LogP contribution in [-0.2, 0) is 20.5 Å². The van der Waals surface area contributed by atoms with E-state index in [1.165, 1.54) is 6.92 Å². The molecule has 0 unspecified atom stereocenters. The molecule has 1 amide bonds. The minimum Gasteiger partial charge on any atom is -0.469 e. The van der Waals surface area contributed by atoms with Crippen molar-refractivity contribution in [3.8, 4) is 0 Å². The van der Waals surface area contributed by atoms with Crippen molar-refractivity contribution in [2.75, 3.05) is 12.4 Å². The highest BCUT2D eigenvalue weighted by Crippen LogP contribution is 2.29. The van der Waals surface area contributed by atoms with Gasteiger partial charge < -0.3 is 10.1 Å². The number of esters is 1. The third-order valence-electron chi connectivity index (χ3n) is 2.18. The molecule has 104 valence electrons. The predicted octanol–water partition coefficient (Wildman–Crippen LogP) is 1.91. The smallest absolute Gasteiger partial charge is 0.433 e. The zero-order valence-corrected chi connectivity index (χ0v) is 10.2. The summed E-state index contributed by atoms with van der Waals surface area (Å²) >= 11 is 0. The highest BCUT2D eigenvalue weighted by molar-refractivity contribution is 6.02. The zero-order chi connectivity index (χ0) is 14.6. The van der Waals surface area contributed by atoms with Gasteiger partial charge in [0.05, 0.1) is 18.5 Å². The summed E-state index contributed by atoms with van der Waals surface area (Å²) in [6, 6.07) is 1.83. The van der Waals surface area contributed by atoms with Gasteiger partial charge in [-0.05, 0) is 19.1 Å². The number of carbonyl (C=O) groups excluding carboxylic acids is 2. The maximum absolute atomic E-state index is 12.4. The molecule has 1 aromatic rings. The number of pyridine rings is 1. The van der Waals surface area contributed by atoms with E-state index in [0.717, 1.165) is 19.2 Å². The number of alkyl halides is 3. The van der Waals surface area contributed by atoms with Crippen LogP contribution in [0.3, 0.4) is 0 Å². The number of aryl methyl sites for hydroxylation is 1. The summed E-state index contributed by atoms with van der Waals surface area (Å²) in [7, 11) is 1.13. The maximum atomic E-state index is 12.4. The van der Waals surface area contributed by atoms with E-state index < -0.39 is 30.2 Å². The summed E-state index contributed by atoms with van der Waals surface area (Å²) < 4.78 is 41.4. The van der Waals surface area contributed by atoms with Crippen LogP contribution in [-0.4, -0.2) is 24.0 Å². The fraction of sp³-hybridized carbons (Fsp3) is 0.364. The predicted molar refractivity (Wildman–Crippen MR) is 59.2 cm³/mol. The first-order valence-corrected chi connectivity index (χ1v) is 5.15. The molecule has 1 aromatic heterocycles. The first kappa shape index (κ1) is 14.9. The van der Waals surface area contributed by atoms with Crippen molar-refractivity contribution in [3.05, 3.63) is 23.5 Å². The van der Waals surface area contributed by atoms with Crippen molar-refractivity contribution in [2.24, 2.45) is 0 Å². The summed E-state index contributed by atoms with van der Waals surface area (Å²) in [6.07, 6.45) is -5.06. The molecule has 0 atom stereocenters. The van der Waals surface area contributed by atoms with E-state index in [1.54, 1.807) is 0 Å². The molecule has 0 fully saturated rings. The van der Waals surface area contributed by atoms with Gasteiger partial charge in [0.2, 0.25) is 5.91 Å². The Morgan fingerprint density at radius 1 is 1.37 bits per heavy atom. The van der Waals surface area contributed by atoms with E-state index in [-0.39, 0.29) is 11.4 Å². The Kier molecular flexibility index (Phi) is 4.47. The fourth-order valence-electron chi connectivity index (χ4n) is 1.25. The molecule has 0 bridgehead atoms. The lowest BCUT2D eigenvalue weighted by Gasteiger charge is -2.10. The van der Waals surface area contributed by atoms with Gasteiger partial charge in [-0.2, -0.15) is 13.2 Å². The number of nitrogens with one attached hydrogen (secondary N) is 1. The number of aromatic nitrogens is 1. The van der Waals surface area contributed by atoms with Gasteiger partial charge in [0.15, 0.2) is 0 Å². The molecule has 0 aliphatic rings. The summed E-state index contributed by atoms with van der Waals surface area (Å²) in [5.74, 6) is -1.42. The third-order valence-corrected chi connectivity index (χ3v) is 2.18. The van der Waals surface area contributed by atoms with Crippen LogP contribution >= 0.6 is 0 Å². The highest BCUT2D eigenvalue weighted by Gasteiger charge is 2.32. The number of hydrogen-bond acceptors (Lipinski definition) is 4. The molecule has 1 rings (SSSR count). The lowest BCUT2D eigenvalue weighted by atomic mass is 10.2. The van der Waals surface area contributed by atoms with Crippen LogP contribution in [0.2, 0.25) is 0 Å². The van der Waals surface area contributed by atoms with Crippen LogP contribution < -0.4 is 5.32 Å². The SMILES string of the molecule is COC(=O)CC(=O)Nc1ccc(C(F)(F)F)nc1C. The number of nitrogens with zero attached hydrogens (tertiary/aromatic N) is 1. The highest BCUT2D eigenvalue weighted by atomic mass is 19.4. The number of anilines is 1. The van der Waals surface area contributed by atoms with Crippen molar-refractivity contribution in [2.45, 2.75) is 19.5 Å². The standard InChI is InChI=1S/C11H11F3N2O3/c1-6-7(16-9(17)5-10(18)19-2)3-4-8(15-6)11(12,13)14/h3-4H,5H2,1-2H3,(H,16,17). The van der Waals surface area contributed by atoms with E-state index in [2.05, 4.69) is 15.0 Å². The Bertz CT molecular complexity index is 500. The maximum Gasteiger partial charge on any atom is 0.433 e. The number of halogens is 3. The van der Waals surface area contributed by atoms with Crippen LogP contribution in [0.1, 0.15) is 17.8 Å². The van der Waals surface area contributed by atoms with Crippen molar-refractivity contribution < 1.29 is 27.5 Å². The Morgan fingerprint density at radius 3 is 2.47 bits per heavy atom. The average Bonchev–Trinajstić information content (AvgIpc) is 2.30. The molecule has 8 heteroatoms. The van der Waals surface area contributed by atoms with Gasteiger partial charge in [-0.3, -0.25) is 9.59 Å². The lowest BCUT2D eigenvalue weighted by Crippen LogP contribution is -2.18. The van der Waals surface area contributed by atoms with Crippen LogP contribution in [0.25, 0.3) is 0 Å². The normalized spacial score (nSPS) is 11.0.